The van der Waals surface area contributed by atoms with Gasteiger partial charge in [-0.1, -0.05) is 63.2 Å². The largest absolute Gasteiger partial charge is 0.382 e. The van der Waals surface area contributed by atoms with Crippen molar-refractivity contribution in [2.45, 2.75) is 33.2 Å². The van der Waals surface area contributed by atoms with Gasteiger partial charge in [0, 0.05) is 11.7 Å². The monoisotopic (exact) mass is 253 g/mol. The molecule has 0 aliphatic carbocycles. The minimum absolute atomic E-state index is 0.544. The van der Waals surface area contributed by atoms with Gasteiger partial charge in [-0.3, -0.25) is 0 Å². The molecule has 1 atom stereocenters. The summed E-state index contributed by atoms with van der Waals surface area (Å²) in [4.78, 5) is 0. The average Bonchev–Trinajstić information content (AvgIpc) is 2.46. The van der Waals surface area contributed by atoms with Crippen LogP contribution in [0, 0.1) is 5.92 Å². The zero-order chi connectivity index (χ0) is 13.7. The number of benzene rings is 2. The van der Waals surface area contributed by atoms with Crippen molar-refractivity contribution >= 4 is 5.69 Å². The molecule has 1 unspecified atom stereocenters. The lowest BCUT2D eigenvalue weighted by Gasteiger charge is -2.22. The smallest absolute Gasteiger partial charge is 0.0342 e. The Balaban J connectivity index is 2.11. The third-order valence-corrected chi connectivity index (χ3v) is 3.59. The topological polar surface area (TPSA) is 12.0 Å². The maximum atomic E-state index is 3.61. The van der Waals surface area contributed by atoms with Crippen molar-refractivity contribution in [3.8, 4) is 11.1 Å². The first-order chi connectivity index (χ1) is 9.20. The first-order valence-electron chi connectivity index (χ1n) is 7.12. The molecule has 2 rings (SSSR count). The Hall–Kier alpha value is -1.76. The lowest BCUT2D eigenvalue weighted by Crippen LogP contribution is -2.24. The van der Waals surface area contributed by atoms with Gasteiger partial charge in [-0.2, -0.15) is 0 Å². The molecule has 1 nitrogen and oxygen atoms in total. The van der Waals surface area contributed by atoms with Crippen LogP contribution in [0.15, 0.2) is 54.6 Å². The molecule has 0 spiro atoms. The zero-order valence-electron chi connectivity index (χ0n) is 12.1. The highest BCUT2D eigenvalue weighted by molar-refractivity contribution is 5.65. The first-order valence-corrected chi connectivity index (χ1v) is 7.12. The number of rotatable bonds is 5. The minimum Gasteiger partial charge on any atom is -0.382 e. The standard InChI is InChI=1S/C18H23N/c1-4-18(14(2)3)19-17-12-10-16(11-13-17)15-8-6-5-7-9-15/h5-14,18-19H,4H2,1-3H3. The number of nitrogens with one attached hydrogen (secondary N) is 1. The summed E-state index contributed by atoms with van der Waals surface area (Å²) in [6, 6.07) is 19.8. The molecule has 2 aromatic rings. The molecule has 100 valence electrons. The van der Waals surface area contributed by atoms with E-state index < -0.39 is 0 Å². The predicted octanol–water partition coefficient (Wildman–Crippen LogP) is 5.20. The van der Waals surface area contributed by atoms with Crippen molar-refractivity contribution in [2.24, 2.45) is 5.92 Å². The Morgan fingerprint density at radius 3 is 1.95 bits per heavy atom. The summed E-state index contributed by atoms with van der Waals surface area (Å²) in [6.45, 7) is 6.76. The predicted molar refractivity (Wildman–Crippen MR) is 84.4 cm³/mol. The van der Waals surface area contributed by atoms with Crippen LogP contribution in [-0.4, -0.2) is 6.04 Å². The lowest BCUT2D eigenvalue weighted by molar-refractivity contribution is 0.511. The Morgan fingerprint density at radius 2 is 1.42 bits per heavy atom. The van der Waals surface area contributed by atoms with Crippen molar-refractivity contribution in [2.75, 3.05) is 5.32 Å². The van der Waals surface area contributed by atoms with Crippen LogP contribution in [0.1, 0.15) is 27.2 Å². The quantitative estimate of drug-likeness (QED) is 0.772. The highest BCUT2D eigenvalue weighted by Crippen LogP contribution is 2.22. The van der Waals surface area contributed by atoms with Gasteiger partial charge in [0.15, 0.2) is 0 Å². The molecule has 0 aliphatic heterocycles. The second-order valence-electron chi connectivity index (χ2n) is 5.35. The molecular weight excluding hydrogens is 230 g/mol. The van der Waals surface area contributed by atoms with Gasteiger partial charge in [-0.25, -0.2) is 0 Å². The van der Waals surface area contributed by atoms with Gasteiger partial charge >= 0.3 is 0 Å². The van der Waals surface area contributed by atoms with E-state index >= 15 is 0 Å². The summed E-state index contributed by atoms with van der Waals surface area (Å²) in [6.07, 6.45) is 1.15. The van der Waals surface area contributed by atoms with Gasteiger partial charge in [0.1, 0.15) is 0 Å². The van der Waals surface area contributed by atoms with E-state index in [0.29, 0.717) is 12.0 Å². The fraction of sp³-hybridized carbons (Fsp3) is 0.333. The van der Waals surface area contributed by atoms with Crippen molar-refractivity contribution in [3.05, 3.63) is 54.6 Å². The minimum atomic E-state index is 0.544. The Bertz CT molecular complexity index is 485. The van der Waals surface area contributed by atoms with Crippen LogP contribution in [0.2, 0.25) is 0 Å². The van der Waals surface area contributed by atoms with E-state index in [1.807, 2.05) is 6.07 Å². The van der Waals surface area contributed by atoms with E-state index in [1.54, 1.807) is 0 Å². The molecule has 0 radical (unpaired) electrons. The molecule has 0 heterocycles. The van der Waals surface area contributed by atoms with Crippen LogP contribution >= 0.6 is 0 Å². The first kappa shape index (κ1) is 13.7. The van der Waals surface area contributed by atoms with Crippen molar-refractivity contribution < 1.29 is 0 Å². The third kappa shape index (κ3) is 3.60. The van der Waals surface area contributed by atoms with E-state index in [2.05, 4.69) is 74.6 Å². The molecular formula is C18H23N. The van der Waals surface area contributed by atoms with E-state index in [0.717, 1.165) is 6.42 Å². The number of hydrogen-bond acceptors (Lipinski definition) is 1. The second kappa shape index (κ2) is 6.42. The summed E-state index contributed by atoms with van der Waals surface area (Å²) in [5, 5.41) is 3.61. The number of anilines is 1. The summed E-state index contributed by atoms with van der Waals surface area (Å²) in [5.41, 5.74) is 3.74. The van der Waals surface area contributed by atoms with Crippen molar-refractivity contribution in [1.29, 1.82) is 0 Å². The molecule has 0 amide bonds. The fourth-order valence-corrected chi connectivity index (χ4v) is 2.34. The second-order valence-corrected chi connectivity index (χ2v) is 5.35. The zero-order valence-corrected chi connectivity index (χ0v) is 12.1. The van der Waals surface area contributed by atoms with Gasteiger partial charge in [-0.15, -0.1) is 0 Å². The van der Waals surface area contributed by atoms with E-state index in [1.165, 1.54) is 16.8 Å². The van der Waals surface area contributed by atoms with Crippen LogP contribution in [0.4, 0.5) is 5.69 Å². The molecule has 19 heavy (non-hydrogen) atoms. The average molecular weight is 253 g/mol. The van der Waals surface area contributed by atoms with Gasteiger partial charge in [0.25, 0.3) is 0 Å². The van der Waals surface area contributed by atoms with Crippen LogP contribution in [0.3, 0.4) is 0 Å². The maximum Gasteiger partial charge on any atom is 0.0342 e. The van der Waals surface area contributed by atoms with Crippen LogP contribution in [-0.2, 0) is 0 Å². The van der Waals surface area contributed by atoms with Crippen molar-refractivity contribution in [3.63, 3.8) is 0 Å². The molecule has 1 heteroatoms. The fourth-order valence-electron chi connectivity index (χ4n) is 2.34. The maximum absolute atomic E-state index is 3.61. The molecule has 0 saturated heterocycles. The Morgan fingerprint density at radius 1 is 0.842 bits per heavy atom. The van der Waals surface area contributed by atoms with Crippen LogP contribution in [0.25, 0.3) is 11.1 Å². The summed E-state index contributed by atoms with van der Waals surface area (Å²) in [5.74, 6) is 0.652. The Labute approximate surface area is 116 Å². The Kier molecular flexibility index (Phi) is 4.62. The highest BCUT2D eigenvalue weighted by Gasteiger charge is 2.10. The SMILES string of the molecule is CCC(Nc1ccc(-c2ccccc2)cc1)C(C)C. The summed E-state index contributed by atoms with van der Waals surface area (Å²) in [7, 11) is 0. The molecule has 0 aromatic heterocycles. The van der Waals surface area contributed by atoms with E-state index in [4.69, 9.17) is 0 Å². The third-order valence-electron chi connectivity index (χ3n) is 3.59. The number of hydrogen-bond donors (Lipinski definition) is 1. The van der Waals surface area contributed by atoms with Crippen LogP contribution < -0.4 is 5.32 Å². The van der Waals surface area contributed by atoms with E-state index in [-0.39, 0.29) is 0 Å². The van der Waals surface area contributed by atoms with Gasteiger partial charge in [0.2, 0.25) is 0 Å². The van der Waals surface area contributed by atoms with Crippen molar-refractivity contribution in [1.82, 2.24) is 0 Å². The molecule has 0 saturated carbocycles. The van der Waals surface area contributed by atoms with E-state index in [9.17, 15) is 0 Å². The molecule has 2 aromatic carbocycles. The molecule has 1 N–H and O–H groups in total. The lowest BCUT2D eigenvalue weighted by atomic mass is 10.0. The summed E-state index contributed by atoms with van der Waals surface area (Å²) < 4.78 is 0. The molecule has 0 aliphatic rings. The molecule has 0 bridgehead atoms. The van der Waals surface area contributed by atoms with Gasteiger partial charge in [-0.05, 0) is 35.6 Å². The summed E-state index contributed by atoms with van der Waals surface area (Å²) >= 11 is 0. The molecule has 0 fully saturated rings. The van der Waals surface area contributed by atoms with Crippen LogP contribution in [0.5, 0.6) is 0 Å². The van der Waals surface area contributed by atoms with Gasteiger partial charge in [0.05, 0.1) is 0 Å². The van der Waals surface area contributed by atoms with Gasteiger partial charge < -0.3 is 5.32 Å². The normalized spacial score (nSPS) is 12.4. The highest BCUT2D eigenvalue weighted by atomic mass is 14.9.